The van der Waals surface area contributed by atoms with Crippen LogP contribution in [-0.2, 0) is 0 Å². The zero-order valence-corrected chi connectivity index (χ0v) is 15.8. The molecule has 3 aromatic rings. The number of nitrogens with zero attached hydrogens (tertiary/aromatic N) is 2. The van der Waals surface area contributed by atoms with E-state index in [1.54, 1.807) is 0 Å². The fourth-order valence-corrected chi connectivity index (χ4v) is 2.55. The van der Waals surface area contributed by atoms with E-state index in [9.17, 15) is 0 Å². The van der Waals surface area contributed by atoms with Gasteiger partial charge in [-0.1, -0.05) is 24.3 Å². The molecule has 2 N–H and O–H groups in total. The summed E-state index contributed by atoms with van der Waals surface area (Å²) in [4.78, 5) is 8.61. The largest absolute Gasteiger partial charge is 0.492 e. The van der Waals surface area contributed by atoms with Crippen molar-refractivity contribution in [3.05, 3.63) is 60.9 Å². The van der Waals surface area contributed by atoms with Gasteiger partial charge in [0.15, 0.2) is 0 Å². The molecule has 6 heteroatoms. The van der Waals surface area contributed by atoms with Gasteiger partial charge in [-0.2, -0.15) is 0 Å². The third-order valence-corrected chi connectivity index (χ3v) is 3.63. The van der Waals surface area contributed by atoms with Gasteiger partial charge in [-0.15, -0.1) is 0 Å². The fourth-order valence-electron chi connectivity index (χ4n) is 2.55. The van der Waals surface area contributed by atoms with E-state index in [4.69, 9.17) is 9.47 Å². The molecule has 0 atom stereocenters. The molecule has 0 aliphatic carbocycles. The molecule has 6 nitrogen and oxygen atoms in total. The summed E-state index contributed by atoms with van der Waals surface area (Å²) < 4.78 is 11.5. The average Bonchev–Trinajstić information content (AvgIpc) is 2.65. The van der Waals surface area contributed by atoms with E-state index < -0.39 is 0 Å². The summed E-state index contributed by atoms with van der Waals surface area (Å²) in [6.07, 6.45) is 1.60. The van der Waals surface area contributed by atoms with Crippen molar-refractivity contribution in [1.82, 2.24) is 9.97 Å². The monoisotopic (exact) mass is 364 g/mol. The molecule has 0 radical (unpaired) electrons. The maximum atomic E-state index is 5.85. The van der Waals surface area contributed by atoms with Gasteiger partial charge in [0.25, 0.3) is 0 Å². The molecule has 0 amide bonds. The van der Waals surface area contributed by atoms with Gasteiger partial charge in [0, 0.05) is 6.07 Å². The zero-order chi connectivity index (χ0) is 19.1. The second kappa shape index (κ2) is 8.89. The number of nitrogens with one attached hydrogen (secondary N) is 2. The number of hydrogen-bond donors (Lipinski definition) is 2. The molecule has 0 saturated heterocycles. The van der Waals surface area contributed by atoms with Crippen molar-refractivity contribution in [1.29, 1.82) is 0 Å². The number of para-hydroxylation sites is 4. The molecule has 140 valence electrons. The van der Waals surface area contributed by atoms with Crippen molar-refractivity contribution < 1.29 is 9.47 Å². The lowest BCUT2D eigenvalue weighted by Crippen LogP contribution is -2.07. The van der Waals surface area contributed by atoms with E-state index in [1.165, 1.54) is 6.33 Å². The highest BCUT2D eigenvalue weighted by atomic mass is 16.5. The summed E-state index contributed by atoms with van der Waals surface area (Å²) >= 11 is 0. The normalized spacial score (nSPS) is 10.5. The fraction of sp³-hybridized carbons (Fsp3) is 0.238. The summed E-state index contributed by atoms with van der Waals surface area (Å²) in [6.45, 7) is 6.56. The highest BCUT2D eigenvalue weighted by molar-refractivity contribution is 5.68. The van der Waals surface area contributed by atoms with E-state index >= 15 is 0 Å². The Kier molecular flexibility index (Phi) is 6.10. The average molecular weight is 364 g/mol. The zero-order valence-electron chi connectivity index (χ0n) is 15.8. The maximum absolute atomic E-state index is 5.85. The van der Waals surface area contributed by atoms with Gasteiger partial charge in [-0.25, -0.2) is 9.97 Å². The first-order valence-electron chi connectivity index (χ1n) is 8.99. The Morgan fingerprint density at radius 3 is 2.00 bits per heavy atom. The smallest absolute Gasteiger partial charge is 0.143 e. The van der Waals surface area contributed by atoms with E-state index in [0.717, 1.165) is 22.9 Å². The number of aromatic nitrogens is 2. The Morgan fingerprint density at radius 1 is 0.852 bits per heavy atom. The molecule has 1 aromatic heterocycles. The first kappa shape index (κ1) is 18.5. The standard InChI is InChI=1S/C21H24N4O2/c1-4-26-18-11-7-5-9-16(18)24-20-13-21(23-14-22-20)25-17-10-6-8-12-19(17)27-15(2)3/h5-15H,4H2,1-3H3,(H2,22,23,24,25). The van der Waals surface area contributed by atoms with Gasteiger partial charge in [0.1, 0.15) is 29.5 Å². The molecule has 1 heterocycles. The molecular weight excluding hydrogens is 340 g/mol. The number of ether oxygens (including phenoxy) is 2. The summed E-state index contributed by atoms with van der Waals surface area (Å²) in [7, 11) is 0. The van der Waals surface area contributed by atoms with Gasteiger partial charge < -0.3 is 20.1 Å². The van der Waals surface area contributed by atoms with Crippen LogP contribution in [0.5, 0.6) is 11.5 Å². The van der Waals surface area contributed by atoms with Crippen LogP contribution in [0, 0.1) is 0 Å². The van der Waals surface area contributed by atoms with Gasteiger partial charge >= 0.3 is 0 Å². The van der Waals surface area contributed by atoms with Crippen molar-refractivity contribution in [2.75, 3.05) is 17.2 Å². The van der Waals surface area contributed by atoms with Crippen LogP contribution in [-0.4, -0.2) is 22.7 Å². The van der Waals surface area contributed by atoms with Gasteiger partial charge in [0.05, 0.1) is 24.1 Å². The lowest BCUT2D eigenvalue weighted by Gasteiger charge is -2.15. The molecule has 27 heavy (non-hydrogen) atoms. The molecular formula is C21H24N4O2. The first-order chi connectivity index (χ1) is 13.2. The Labute approximate surface area is 159 Å². The summed E-state index contributed by atoms with van der Waals surface area (Å²) in [6, 6.07) is 17.4. The van der Waals surface area contributed by atoms with Crippen LogP contribution in [0.2, 0.25) is 0 Å². The van der Waals surface area contributed by atoms with Crippen LogP contribution in [0.3, 0.4) is 0 Å². The second-order valence-corrected chi connectivity index (χ2v) is 6.13. The minimum Gasteiger partial charge on any atom is -0.492 e. The van der Waals surface area contributed by atoms with Crippen molar-refractivity contribution >= 4 is 23.0 Å². The predicted molar refractivity (Wildman–Crippen MR) is 108 cm³/mol. The van der Waals surface area contributed by atoms with E-state index in [0.29, 0.717) is 18.2 Å². The SMILES string of the molecule is CCOc1ccccc1Nc1cc(Nc2ccccc2OC(C)C)ncn1. The summed E-state index contributed by atoms with van der Waals surface area (Å²) in [5, 5.41) is 6.58. The first-order valence-corrected chi connectivity index (χ1v) is 8.99. The lowest BCUT2D eigenvalue weighted by atomic mass is 10.2. The van der Waals surface area contributed by atoms with Crippen molar-refractivity contribution in [2.24, 2.45) is 0 Å². The Hall–Kier alpha value is -3.28. The molecule has 2 aromatic carbocycles. The van der Waals surface area contributed by atoms with Crippen LogP contribution in [0.4, 0.5) is 23.0 Å². The highest BCUT2D eigenvalue weighted by Gasteiger charge is 2.08. The molecule has 0 fully saturated rings. The molecule has 0 saturated carbocycles. The van der Waals surface area contributed by atoms with Crippen molar-refractivity contribution in [3.63, 3.8) is 0 Å². The number of hydrogen-bond acceptors (Lipinski definition) is 6. The van der Waals surface area contributed by atoms with Crippen LogP contribution in [0.25, 0.3) is 0 Å². The topological polar surface area (TPSA) is 68.3 Å². The Bertz CT molecular complexity index is 883. The molecule has 0 unspecified atom stereocenters. The van der Waals surface area contributed by atoms with Gasteiger partial charge in [-0.05, 0) is 45.0 Å². The minimum atomic E-state index is 0.0886. The quantitative estimate of drug-likeness (QED) is 0.576. The van der Waals surface area contributed by atoms with Crippen molar-refractivity contribution in [2.45, 2.75) is 26.9 Å². The second-order valence-electron chi connectivity index (χ2n) is 6.13. The van der Waals surface area contributed by atoms with E-state index in [2.05, 4.69) is 20.6 Å². The molecule has 0 aliphatic heterocycles. The van der Waals surface area contributed by atoms with E-state index in [-0.39, 0.29) is 6.10 Å². The lowest BCUT2D eigenvalue weighted by molar-refractivity contribution is 0.244. The van der Waals surface area contributed by atoms with Gasteiger partial charge in [-0.3, -0.25) is 0 Å². The summed E-state index contributed by atoms with van der Waals surface area (Å²) in [5.74, 6) is 2.90. The Balaban J connectivity index is 1.79. The minimum absolute atomic E-state index is 0.0886. The van der Waals surface area contributed by atoms with Crippen LogP contribution in [0.1, 0.15) is 20.8 Å². The van der Waals surface area contributed by atoms with Crippen LogP contribution >= 0.6 is 0 Å². The van der Waals surface area contributed by atoms with Gasteiger partial charge in [0.2, 0.25) is 0 Å². The summed E-state index contributed by atoms with van der Waals surface area (Å²) in [5.41, 5.74) is 1.71. The number of benzene rings is 2. The number of rotatable bonds is 8. The Morgan fingerprint density at radius 2 is 1.41 bits per heavy atom. The third kappa shape index (κ3) is 5.10. The van der Waals surface area contributed by atoms with Crippen LogP contribution < -0.4 is 20.1 Å². The molecule has 3 rings (SSSR count). The molecule has 0 aliphatic rings. The molecule has 0 bridgehead atoms. The highest BCUT2D eigenvalue weighted by Crippen LogP contribution is 2.30. The van der Waals surface area contributed by atoms with Crippen molar-refractivity contribution in [3.8, 4) is 11.5 Å². The van der Waals surface area contributed by atoms with Crippen LogP contribution in [0.15, 0.2) is 60.9 Å². The number of anilines is 4. The molecule has 0 spiro atoms. The predicted octanol–water partition coefficient (Wildman–Crippen LogP) is 5.15. The van der Waals surface area contributed by atoms with E-state index in [1.807, 2.05) is 75.4 Å². The third-order valence-electron chi connectivity index (χ3n) is 3.63. The maximum Gasteiger partial charge on any atom is 0.143 e.